The predicted molar refractivity (Wildman–Crippen MR) is 79.3 cm³/mol. The third-order valence-corrected chi connectivity index (χ3v) is 4.08. The molecule has 5 heteroatoms. The number of anilines is 1. The lowest BCUT2D eigenvalue weighted by Crippen LogP contribution is -2.38. The van der Waals surface area contributed by atoms with Crippen molar-refractivity contribution in [2.75, 3.05) is 12.0 Å². The van der Waals surface area contributed by atoms with Gasteiger partial charge < -0.3 is 15.8 Å². The van der Waals surface area contributed by atoms with Crippen LogP contribution in [0.25, 0.3) is 0 Å². The van der Waals surface area contributed by atoms with Crippen LogP contribution in [0.5, 0.6) is 0 Å². The molecule has 1 aromatic carbocycles. The molecule has 2 rings (SSSR count). The van der Waals surface area contributed by atoms with Gasteiger partial charge in [-0.15, -0.1) is 0 Å². The molecule has 1 saturated carbocycles. The number of amides is 1. The van der Waals surface area contributed by atoms with Gasteiger partial charge in [-0.1, -0.05) is 0 Å². The quantitative estimate of drug-likeness (QED) is 0.497. The Labute approximate surface area is 119 Å². The lowest BCUT2D eigenvalue weighted by atomic mass is 9.86. The molecule has 0 heterocycles. The average molecular weight is 277 g/mol. The summed E-state index contributed by atoms with van der Waals surface area (Å²) in [5.74, 6) is 5.72. The van der Waals surface area contributed by atoms with Crippen molar-refractivity contribution in [1.82, 2.24) is 5.32 Å². The van der Waals surface area contributed by atoms with Gasteiger partial charge >= 0.3 is 0 Å². The van der Waals surface area contributed by atoms with Crippen molar-refractivity contribution in [2.24, 2.45) is 11.8 Å². The van der Waals surface area contributed by atoms with Crippen LogP contribution in [0, 0.1) is 12.8 Å². The number of benzene rings is 1. The van der Waals surface area contributed by atoms with E-state index in [0.717, 1.165) is 36.9 Å². The Hall–Kier alpha value is -1.59. The summed E-state index contributed by atoms with van der Waals surface area (Å²) >= 11 is 0. The number of hydrogen-bond acceptors (Lipinski definition) is 4. The summed E-state index contributed by atoms with van der Waals surface area (Å²) in [7, 11) is 0. The minimum absolute atomic E-state index is 0.0291. The van der Waals surface area contributed by atoms with E-state index in [1.165, 1.54) is 0 Å². The molecule has 0 spiro atoms. The fourth-order valence-electron chi connectivity index (χ4n) is 2.76. The maximum absolute atomic E-state index is 12.3. The van der Waals surface area contributed by atoms with Gasteiger partial charge in [0.25, 0.3) is 5.91 Å². The van der Waals surface area contributed by atoms with Gasteiger partial charge in [0.15, 0.2) is 0 Å². The molecule has 1 aliphatic rings. The monoisotopic (exact) mass is 277 g/mol. The number of carbonyl (C=O) groups is 1. The van der Waals surface area contributed by atoms with Crippen LogP contribution < -0.4 is 16.6 Å². The molecule has 1 amide bonds. The van der Waals surface area contributed by atoms with Gasteiger partial charge in [0.05, 0.1) is 0 Å². The zero-order valence-corrected chi connectivity index (χ0v) is 11.9. The Morgan fingerprint density at radius 2 is 2.05 bits per heavy atom. The second-order valence-corrected chi connectivity index (χ2v) is 5.55. The van der Waals surface area contributed by atoms with Crippen molar-refractivity contribution in [1.29, 1.82) is 0 Å². The fraction of sp³-hybridized carbons (Fsp3) is 0.533. The molecule has 0 saturated heterocycles. The molecular formula is C15H23N3O2. The van der Waals surface area contributed by atoms with E-state index in [9.17, 15) is 4.79 Å². The van der Waals surface area contributed by atoms with Crippen LogP contribution in [0.15, 0.2) is 18.2 Å². The molecule has 20 heavy (non-hydrogen) atoms. The molecule has 5 nitrogen and oxygen atoms in total. The predicted octanol–water partition coefficient (Wildman–Crippen LogP) is 1.56. The maximum atomic E-state index is 12.3. The highest BCUT2D eigenvalue weighted by molar-refractivity contribution is 5.96. The first kappa shape index (κ1) is 14.8. The molecule has 0 bridgehead atoms. The van der Waals surface area contributed by atoms with Crippen LogP contribution in [-0.4, -0.2) is 23.7 Å². The highest BCUT2D eigenvalue weighted by Crippen LogP contribution is 2.24. The second kappa shape index (κ2) is 6.72. The number of carbonyl (C=O) groups excluding carboxylic acids is 1. The van der Waals surface area contributed by atoms with Crippen molar-refractivity contribution >= 4 is 11.6 Å². The van der Waals surface area contributed by atoms with E-state index in [1.807, 2.05) is 13.0 Å². The van der Waals surface area contributed by atoms with Crippen molar-refractivity contribution in [3.05, 3.63) is 29.3 Å². The maximum Gasteiger partial charge on any atom is 0.251 e. The SMILES string of the molecule is Cc1cc(NN)ccc1C(=O)NC1CCC(CO)CC1. The van der Waals surface area contributed by atoms with Crippen LogP contribution in [0.2, 0.25) is 0 Å². The molecule has 1 aliphatic carbocycles. The lowest BCUT2D eigenvalue weighted by molar-refractivity contribution is 0.0913. The zero-order valence-electron chi connectivity index (χ0n) is 11.9. The summed E-state index contributed by atoms with van der Waals surface area (Å²) in [6.07, 6.45) is 3.85. The fourth-order valence-corrected chi connectivity index (χ4v) is 2.76. The standard InChI is InChI=1S/C15H23N3O2/c1-10-8-13(18-16)6-7-14(10)15(20)17-12-4-2-11(9-19)3-5-12/h6-8,11-12,18-19H,2-5,9,16H2,1H3,(H,17,20). The molecule has 0 radical (unpaired) electrons. The highest BCUT2D eigenvalue weighted by Gasteiger charge is 2.22. The van der Waals surface area contributed by atoms with Crippen molar-refractivity contribution in [2.45, 2.75) is 38.6 Å². The van der Waals surface area contributed by atoms with Crippen molar-refractivity contribution in [3.63, 3.8) is 0 Å². The molecular weight excluding hydrogens is 254 g/mol. The molecule has 5 N–H and O–H groups in total. The van der Waals surface area contributed by atoms with Gasteiger partial charge in [-0.25, -0.2) is 0 Å². The summed E-state index contributed by atoms with van der Waals surface area (Å²) in [4.78, 5) is 12.3. The Morgan fingerprint density at radius 1 is 1.35 bits per heavy atom. The third kappa shape index (κ3) is 3.49. The van der Waals surface area contributed by atoms with E-state index in [-0.39, 0.29) is 18.6 Å². The van der Waals surface area contributed by atoms with E-state index in [1.54, 1.807) is 12.1 Å². The van der Waals surface area contributed by atoms with Crippen LogP contribution in [0.4, 0.5) is 5.69 Å². The first-order valence-corrected chi connectivity index (χ1v) is 7.13. The zero-order chi connectivity index (χ0) is 14.5. The van der Waals surface area contributed by atoms with Gasteiger partial charge in [-0.05, 0) is 62.3 Å². The molecule has 0 atom stereocenters. The third-order valence-electron chi connectivity index (χ3n) is 4.08. The number of nitrogen functional groups attached to an aromatic ring is 1. The Bertz CT molecular complexity index is 468. The number of nitrogens with one attached hydrogen (secondary N) is 2. The topological polar surface area (TPSA) is 87.4 Å². The Balaban J connectivity index is 1.95. The number of aliphatic hydroxyl groups excluding tert-OH is 1. The van der Waals surface area contributed by atoms with E-state index < -0.39 is 0 Å². The van der Waals surface area contributed by atoms with Crippen molar-refractivity contribution in [3.8, 4) is 0 Å². The minimum atomic E-state index is -0.0291. The molecule has 0 aliphatic heterocycles. The number of aliphatic hydroxyl groups is 1. The smallest absolute Gasteiger partial charge is 0.251 e. The van der Waals surface area contributed by atoms with Crippen LogP contribution in [0.1, 0.15) is 41.6 Å². The van der Waals surface area contributed by atoms with E-state index in [2.05, 4.69) is 10.7 Å². The summed E-state index contributed by atoms with van der Waals surface area (Å²) in [6, 6.07) is 5.67. The van der Waals surface area contributed by atoms with Gasteiger partial charge in [-0.2, -0.15) is 0 Å². The molecule has 1 aromatic rings. The number of hydrogen-bond donors (Lipinski definition) is 4. The summed E-state index contributed by atoms with van der Waals surface area (Å²) in [6.45, 7) is 2.16. The Kier molecular flexibility index (Phi) is 4.98. The highest BCUT2D eigenvalue weighted by atomic mass is 16.3. The van der Waals surface area contributed by atoms with Gasteiger partial charge in [0.1, 0.15) is 0 Å². The van der Waals surface area contributed by atoms with Crippen LogP contribution in [-0.2, 0) is 0 Å². The largest absolute Gasteiger partial charge is 0.396 e. The first-order valence-electron chi connectivity index (χ1n) is 7.13. The van der Waals surface area contributed by atoms with Crippen LogP contribution >= 0.6 is 0 Å². The molecule has 110 valence electrons. The summed E-state index contributed by atoms with van der Waals surface area (Å²) in [5, 5.41) is 12.2. The second-order valence-electron chi connectivity index (χ2n) is 5.55. The van der Waals surface area contributed by atoms with Gasteiger partial charge in [0, 0.05) is 23.9 Å². The number of rotatable bonds is 4. The van der Waals surface area contributed by atoms with Crippen LogP contribution in [0.3, 0.4) is 0 Å². The summed E-state index contributed by atoms with van der Waals surface area (Å²) in [5.41, 5.74) is 4.96. The van der Waals surface area contributed by atoms with Gasteiger partial charge in [-0.3, -0.25) is 10.6 Å². The average Bonchev–Trinajstić information content (AvgIpc) is 2.47. The molecule has 0 unspecified atom stereocenters. The normalized spacial score (nSPS) is 22.4. The van der Waals surface area contributed by atoms with Crippen molar-refractivity contribution < 1.29 is 9.90 Å². The van der Waals surface area contributed by atoms with Gasteiger partial charge in [0.2, 0.25) is 0 Å². The number of nitrogens with two attached hydrogens (primary N) is 1. The number of hydrazine groups is 1. The van der Waals surface area contributed by atoms with E-state index in [4.69, 9.17) is 10.9 Å². The summed E-state index contributed by atoms with van der Waals surface area (Å²) < 4.78 is 0. The van der Waals surface area contributed by atoms with E-state index >= 15 is 0 Å². The first-order chi connectivity index (χ1) is 9.63. The van der Waals surface area contributed by atoms with E-state index in [0.29, 0.717) is 11.5 Å². The molecule has 0 aromatic heterocycles. The lowest BCUT2D eigenvalue weighted by Gasteiger charge is -2.28. The molecule has 1 fully saturated rings. The minimum Gasteiger partial charge on any atom is -0.396 e. The Morgan fingerprint density at radius 3 is 2.60 bits per heavy atom. The number of aryl methyl sites for hydroxylation is 1.